The van der Waals surface area contributed by atoms with Gasteiger partial charge in [0, 0.05) is 0 Å². The molecule has 0 spiro atoms. The molecule has 0 saturated carbocycles. The maximum atomic E-state index is 12.2. The molecule has 0 bridgehead atoms. The molecule has 1 unspecified atom stereocenters. The van der Waals surface area contributed by atoms with Crippen LogP contribution < -0.4 is 0 Å². The summed E-state index contributed by atoms with van der Waals surface area (Å²) in [6.45, 7) is 2.22. The molecule has 1 N–H and O–H groups in total. The van der Waals surface area contributed by atoms with Gasteiger partial charge in [-0.3, -0.25) is 9.42 Å². The second-order valence-electron chi connectivity index (χ2n) is 6.22. The molecule has 0 amide bonds. The van der Waals surface area contributed by atoms with Crippen LogP contribution in [0.5, 0.6) is 0 Å². The molecule has 150 valence electrons. The number of allylic oxidation sites excluding steroid dienone is 8. The minimum atomic E-state index is -4.80. The van der Waals surface area contributed by atoms with Crippen LogP contribution in [0, 0.1) is 0 Å². The summed E-state index contributed by atoms with van der Waals surface area (Å²) >= 11 is 0. The van der Waals surface area contributed by atoms with E-state index in [0.29, 0.717) is 6.42 Å². The molecule has 1 atom stereocenters. The van der Waals surface area contributed by atoms with Crippen molar-refractivity contribution in [1.29, 1.82) is 0 Å². The van der Waals surface area contributed by atoms with E-state index in [1.807, 2.05) is 0 Å². The third-order valence-corrected chi connectivity index (χ3v) is 4.22. The van der Waals surface area contributed by atoms with Crippen LogP contribution in [0.1, 0.15) is 77.6 Å². The van der Waals surface area contributed by atoms with Crippen LogP contribution in [0.4, 0.5) is 4.20 Å². The van der Waals surface area contributed by atoms with Crippen molar-refractivity contribution >= 4 is 7.91 Å². The Morgan fingerprint density at radius 1 is 0.769 bits per heavy atom. The summed E-state index contributed by atoms with van der Waals surface area (Å²) in [4.78, 5) is 8.31. The highest BCUT2D eigenvalue weighted by Gasteiger charge is 2.15. The SMILES string of the molecule is CCCCCCC=CCC=CCC=CCC=CCCCCOP(=O)(O)F. The molecule has 3 nitrogen and oxygen atoms in total. The fourth-order valence-corrected chi connectivity index (χ4v) is 2.63. The molecule has 0 aromatic carbocycles. The summed E-state index contributed by atoms with van der Waals surface area (Å²) in [5.74, 6) is 0. The molecule has 26 heavy (non-hydrogen) atoms. The normalized spacial score (nSPS) is 15.0. The minimum Gasteiger partial charge on any atom is -0.299 e. The maximum absolute atomic E-state index is 12.2. The fraction of sp³-hybridized carbons (Fsp3) is 0.619. The van der Waals surface area contributed by atoms with Crippen molar-refractivity contribution in [3.63, 3.8) is 0 Å². The van der Waals surface area contributed by atoms with Gasteiger partial charge in [0.2, 0.25) is 0 Å². The number of hydrogen-bond acceptors (Lipinski definition) is 2. The Labute approximate surface area is 159 Å². The van der Waals surface area contributed by atoms with Crippen molar-refractivity contribution in [2.24, 2.45) is 0 Å². The van der Waals surface area contributed by atoms with Crippen LogP contribution in [0.15, 0.2) is 48.6 Å². The van der Waals surface area contributed by atoms with E-state index >= 15 is 0 Å². The zero-order chi connectivity index (χ0) is 19.3. The highest BCUT2D eigenvalue weighted by Crippen LogP contribution is 2.43. The summed E-state index contributed by atoms with van der Waals surface area (Å²) in [5, 5.41) is 0. The van der Waals surface area contributed by atoms with Gasteiger partial charge in [0.05, 0.1) is 6.61 Å². The zero-order valence-corrected chi connectivity index (χ0v) is 17.1. The van der Waals surface area contributed by atoms with E-state index in [0.717, 1.165) is 32.1 Å². The van der Waals surface area contributed by atoms with E-state index < -0.39 is 7.91 Å². The molecule has 0 aliphatic carbocycles. The molecule has 0 aromatic rings. The lowest BCUT2D eigenvalue weighted by Gasteiger charge is -2.01. The first-order valence-electron chi connectivity index (χ1n) is 9.83. The van der Waals surface area contributed by atoms with Gasteiger partial charge in [-0.1, -0.05) is 74.8 Å². The van der Waals surface area contributed by atoms with E-state index in [-0.39, 0.29) is 6.61 Å². The molecule has 0 aromatic heterocycles. The first-order chi connectivity index (χ1) is 12.6. The second-order valence-corrected chi connectivity index (χ2v) is 7.38. The predicted octanol–water partition coefficient (Wildman–Crippen LogP) is 7.61. The molecular formula is C21H36FO3P. The van der Waals surface area contributed by atoms with Gasteiger partial charge in [0.15, 0.2) is 0 Å². The Balaban J connectivity index is 3.41. The van der Waals surface area contributed by atoms with Crippen LogP contribution in [0.2, 0.25) is 0 Å². The van der Waals surface area contributed by atoms with E-state index in [1.54, 1.807) is 0 Å². The quantitative estimate of drug-likeness (QED) is 0.159. The first-order valence-corrected chi connectivity index (χ1v) is 11.3. The van der Waals surface area contributed by atoms with Gasteiger partial charge in [-0.15, -0.1) is 4.20 Å². The molecular weight excluding hydrogens is 350 g/mol. The van der Waals surface area contributed by atoms with Crippen molar-refractivity contribution in [2.75, 3.05) is 6.61 Å². The molecule has 5 heteroatoms. The third-order valence-electron chi connectivity index (χ3n) is 3.72. The smallest absolute Gasteiger partial charge is 0.299 e. The van der Waals surface area contributed by atoms with Crippen molar-refractivity contribution in [1.82, 2.24) is 0 Å². The van der Waals surface area contributed by atoms with Gasteiger partial charge in [-0.25, -0.2) is 4.57 Å². The lowest BCUT2D eigenvalue weighted by Crippen LogP contribution is -1.89. The van der Waals surface area contributed by atoms with E-state index in [9.17, 15) is 8.76 Å². The maximum Gasteiger partial charge on any atom is 0.510 e. The van der Waals surface area contributed by atoms with E-state index in [4.69, 9.17) is 4.89 Å². The molecule has 0 heterocycles. The Bertz CT molecular complexity index is 464. The van der Waals surface area contributed by atoms with Gasteiger partial charge in [0.25, 0.3) is 0 Å². The molecule has 0 aliphatic rings. The van der Waals surface area contributed by atoms with Gasteiger partial charge < -0.3 is 0 Å². The lowest BCUT2D eigenvalue weighted by atomic mass is 10.1. The van der Waals surface area contributed by atoms with Gasteiger partial charge in [-0.2, -0.15) is 0 Å². The topological polar surface area (TPSA) is 46.5 Å². The number of rotatable bonds is 17. The van der Waals surface area contributed by atoms with Crippen LogP contribution in [0.25, 0.3) is 0 Å². The van der Waals surface area contributed by atoms with Crippen molar-refractivity contribution < 1.29 is 18.2 Å². The van der Waals surface area contributed by atoms with Crippen molar-refractivity contribution in [2.45, 2.75) is 77.6 Å². The molecule has 0 rings (SSSR count). The summed E-state index contributed by atoms with van der Waals surface area (Å²) in [7, 11) is -4.80. The monoisotopic (exact) mass is 386 g/mol. The molecule has 0 fully saturated rings. The average Bonchev–Trinajstić information content (AvgIpc) is 2.59. The molecule has 0 radical (unpaired) electrons. The van der Waals surface area contributed by atoms with Gasteiger partial charge >= 0.3 is 7.91 Å². The lowest BCUT2D eigenvalue weighted by molar-refractivity contribution is 0.222. The molecule has 0 saturated heterocycles. The highest BCUT2D eigenvalue weighted by atomic mass is 31.2. The Hall–Kier alpha value is -0.960. The highest BCUT2D eigenvalue weighted by molar-refractivity contribution is 7.46. The number of halogens is 1. The predicted molar refractivity (Wildman–Crippen MR) is 110 cm³/mol. The summed E-state index contributed by atoms with van der Waals surface area (Å²) < 4.78 is 26.6. The third kappa shape index (κ3) is 23.0. The van der Waals surface area contributed by atoms with Crippen LogP contribution in [0.3, 0.4) is 0 Å². The summed E-state index contributed by atoms with van der Waals surface area (Å²) in [6.07, 6.45) is 29.0. The number of unbranched alkanes of at least 4 members (excludes halogenated alkanes) is 6. The van der Waals surface area contributed by atoms with Gasteiger partial charge in [0.1, 0.15) is 0 Å². The van der Waals surface area contributed by atoms with Gasteiger partial charge in [-0.05, 0) is 51.4 Å². The summed E-state index contributed by atoms with van der Waals surface area (Å²) in [5.41, 5.74) is 0. The van der Waals surface area contributed by atoms with Crippen molar-refractivity contribution in [3.8, 4) is 0 Å². The van der Waals surface area contributed by atoms with E-state index in [1.165, 1.54) is 32.1 Å². The van der Waals surface area contributed by atoms with Crippen LogP contribution in [-0.4, -0.2) is 11.5 Å². The largest absolute Gasteiger partial charge is 0.510 e. The minimum absolute atomic E-state index is 0.0155. The zero-order valence-electron chi connectivity index (χ0n) is 16.2. The summed E-state index contributed by atoms with van der Waals surface area (Å²) in [6, 6.07) is 0. The first kappa shape index (κ1) is 25.0. The Morgan fingerprint density at radius 3 is 1.69 bits per heavy atom. The average molecular weight is 386 g/mol. The van der Waals surface area contributed by atoms with Crippen LogP contribution in [-0.2, 0) is 9.09 Å². The van der Waals surface area contributed by atoms with E-state index in [2.05, 4.69) is 60.1 Å². The van der Waals surface area contributed by atoms with Crippen LogP contribution >= 0.6 is 7.91 Å². The second kappa shape index (κ2) is 18.8. The Kier molecular flexibility index (Phi) is 18.1. The fourth-order valence-electron chi connectivity index (χ4n) is 2.28. The Morgan fingerprint density at radius 2 is 1.23 bits per heavy atom. The number of hydrogen-bond donors (Lipinski definition) is 1. The standard InChI is InChI=1S/C21H36FO3P/c1-2-3-4-5-6-7-8-9-10-11-12-13-14-15-16-17-18-19-20-21-25-26(22,23)24/h7-8,10-11,13-14,16-17H,2-6,9,12,15,18-21H2,1H3,(H,23,24). The molecule has 0 aliphatic heterocycles. The van der Waals surface area contributed by atoms with Crippen molar-refractivity contribution in [3.05, 3.63) is 48.6 Å².